The highest BCUT2D eigenvalue weighted by Crippen LogP contribution is 2.27. The molecule has 150 valence electrons. The van der Waals surface area contributed by atoms with Crippen LogP contribution in [0.4, 0.5) is 5.69 Å². The minimum atomic E-state index is -0.624. The lowest BCUT2D eigenvalue weighted by atomic mass is 10.2. The zero-order valence-electron chi connectivity index (χ0n) is 15.8. The number of benzene rings is 1. The molecule has 2 aromatic heterocycles. The summed E-state index contributed by atoms with van der Waals surface area (Å²) in [5.74, 6) is 0.191. The third-order valence-corrected chi connectivity index (χ3v) is 5.24. The van der Waals surface area contributed by atoms with Crippen LogP contribution in [0.15, 0.2) is 52.1 Å². The first-order valence-corrected chi connectivity index (χ1v) is 10.0. The van der Waals surface area contributed by atoms with Crippen molar-refractivity contribution in [2.24, 2.45) is 0 Å². The van der Waals surface area contributed by atoms with E-state index in [4.69, 9.17) is 20.9 Å². The second kappa shape index (κ2) is 9.58. The summed E-state index contributed by atoms with van der Waals surface area (Å²) in [6, 6.07) is 9.95. The monoisotopic (exact) mass is 431 g/mol. The minimum absolute atomic E-state index is 0.291. The molecular weight excluding hydrogens is 414 g/mol. The first kappa shape index (κ1) is 20.9. The highest BCUT2D eigenvalue weighted by Gasteiger charge is 2.17. The van der Waals surface area contributed by atoms with Gasteiger partial charge in [0.2, 0.25) is 0 Å². The summed E-state index contributed by atoms with van der Waals surface area (Å²) >= 11 is 7.26. The smallest absolute Gasteiger partial charge is 0.341 e. The summed E-state index contributed by atoms with van der Waals surface area (Å²) < 4.78 is 10.3. The lowest BCUT2D eigenvalue weighted by Gasteiger charge is -2.09. The molecule has 3 rings (SSSR count). The Hall–Kier alpha value is -2.84. The van der Waals surface area contributed by atoms with E-state index in [1.807, 2.05) is 13.8 Å². The molecular formula is C20H18ClN3O4S. The zero-order chi connectivity index (χ0) is 20.8. The third kappa shape index (κ3) is 5.58. The van der Waals surface area contributed by atoms with Crippen LogP contribution in [-0.2, 0) is 15.3 Å². The molecule has 0 aliphatic carbocycles. The summed E-state index contributed by atoms with van der Waals surface area (Å²) in [5, 5.41) is 7.55. The van der Waals surface area contributed by atoms with Crippen LogP contribution in [0.5, 0.6) is 0 Å². The number of hydrogen-bond acceptors (Lipinski definition) is 7. The maximum atomic E-state index is 12.5. The van der Waals surface area contributed by atoms with E-state index < -0.39 is 18.5 Å². The molecule has 0 fully saturated rings. The Labute approximate surface area is 176 Å². The number of nitrogens with one attached hydrogen (secondary N) is 1. The van der Waals surface area contributed by atoms with Gasteiger partial charge in [0, 0.05) is 28.2 Å². The number of amides is 1. The molecule has 0 saturated carbocycles. The number of carbonyl (C=O) groups excluding carboxylic acids is 2. The molecule has 1 aromatic carbocycles. The van der Waals surface area contributed by atoms with Gasteiger partial charge in [0.05, 0.1) is 11.3 Å². The molecule has 7 nitrogen and oxygen atoms in total. The van der Waals surface area contributed by atoms with E-state index in [2.05, 4.69) is 15.5 Å². The SMILES string of the molecule is Cc1noc(C)c1CSc1ncccc1C(=O)OCC(=O)Nc1cccc(Cl)c1. The second-order valence-electron chi connectivity index (χ2n) is 6.08. The Kier molecular flexibility index (Phi) is 6.90. The van der Waals surface area contributed by atoms with Crippen molar-refractivity contribution in [3.05, 3.63) is 70.2 Å². The van der Waals surface area contributed by atoms with Crippen molar-refractivity contribution < 1.29 is 18.8 Å². The van der Waals surface area contributed by atoms with E-state index in [0.717, 1.165) is 17.0 Å². The molecule has 0 spiro atoms. The van der Waals surface area contributed by atoms with Gasteiger partial charge >= 0.3 is 5.97 Å². The Morgan fingerprint density at radius 2 is 2.07 bits per heavy atom. The Bertz CT molecular complexity index is 1020. The summed E-state index contributed by atoms with van der Waals surface area (Å²) in [6.07, 6.45) is 1.60. The van der Waals surface area contributed by atoms with E-state index in [-0.39, 0.29) is 0 Å². The lowest BCUT2D eigenvalue weighted by molar-refractivity contribution is -0.119. The van der Waals surface area contributed by atoms with Crippen LogP contribution in [0.2, 0.25) is 5.02 Å². The Morgan fingerprint density at radius 1 is 1.24 bits per heavy atom. The largest absolute Gasteiger partial charge is 0.452 e. The van der Waals surface area contributed by atoms with Gasteiger partial charge in [-0.25, -0.2) is 9.78 Å². The van der Waals surface area contributed by atoms with Crippen LogP contribution in [0.25, 0.3) is 0 Å². The minimum Gasteiger partial charge on any atom is -0.452 e. The van der Waals surface area contributed by atoms with Gasteiger partial charge in [-0.15, -0.1) is 11.8 Å². The fourth-order valence-corrected chi connectivity index (χ4v) is 3.81. The van der Waals surface area contributed by atoms with Crippen molar-refractivity contribution in [3.8, 4) is 0 Å². The van der Waals surface area contributed by atoms with Crippen LogP contribution in [0, 0.1) is 13.8 Å². The van der Waals surface area contributed by atoms with Gasteiger partial charge in [0.1, 0.15) is 10.8 Å². The van der Waals surface area contributed by atoms with Crippen LogP contribution < -0.4 is 5.32 Å². The highest BCUT2D eigenvalue weighted by atomic mass is 35.5. The predicted octanol–water partition coefficient (Wildman–Crippen LogP) is 4.43. The van der Waals surface area contributed by atoms with Crippen molar-refractivity contribution in [3.63, 3.8) is 0 Å². The van der Waals surface area contributed by atoms with Crippen molar-refractivity contribution in [2.45, 2.75) is 24.6 Å². The summed E-state index contributed by atoms with van der Waals surface area (Å²) in [7, 11) is 0. The van der Waals surface area contributed by atoms with Gasteiger partial charge in [0.25, 0.3) is 5.91 Å². The molecule has 0 unspecified atom stereocenters. The van der Waals surface area contributed by atoms with Gasteiger partial charge < -0.3 is 14.6 Å². The number of thioether (sulfide) groups is 1. The number of carbonyl (C=O) groups is 2. The molecule has 3 aromatic rings. The molecule has 0 aliphatic heterocycles. The van der Waals surface area contributed by atoms with Crippen LogP contribution in [0.1, 0.15) is 27.4 Å². The van der Waals surface area contributed by atoms with Gasteiger partial charge in [-0.2, -0.15) is 0 Å². The second-order valence-corrected chi connectivity index (χ2v) is 7.48. The lowest BCUT2D eigenvalue weighted by Crippen LogP contribution is -2.21. The molecule has 0 bridgehead atoms. The summed E-state index contributed by atoms with van der Waals surface area (Å²) in [5.41, 5.74) is 2.57. The van der Waals surface area contributed by atoms with Gasteiger partial charge in [0.15, 0.2) is 6.61 Å². The molecule has 0 radical (unpaired) electrons. The maximum absolute atomic E-state index is 12.5. The molecule has 9 heteroatoms. The zero-order valence-corrected chi connectivity index (χ0v) is 17.3. The average Bonchev–Trinajstić information content (AvgIpc) is 3.02. The number of aryl methyl sites for hydroxylation is 2. The number of ether oxygens (including phenoxy) is 1. The Balaban J connectivity index is 1.60. The van der Waals surface area contributed by atoms with Crippen LogP contribution in [0.3, 0.4) is 0 Å². The fraction of sp³-hybridized carbons (Fsp3) is 0.200. The normalized spacial score (nSPS) is 10.6. The Morgan fingerprint density at radius 3 is 2.79 bits per heavy atom. The first-order chi connectivity index (χ1) is 13.9. The number of esters is 1. The third-order valence-electron chi connectivity index (χ3n) is 3.97. The van der Waals surface area contributed by atoms with E-state index in [1.54, 1.807) is 42.6 Å². The first-order valence-electron chi connectivity index (χ1n) is 8.66. The molecule has 1 N–H and O–H groups in total. The van der Waals surface area contributed by atoms with E-state index in [1.165, 1.54) is 11.8 Å². The van der Waals surface area contributed by atoms with Crippen molar-refractivity contribution in [1.82, 2.24) is 10.1 Å². The molecule has 0 atom stereocenters. The van der Waals surface area contributed by atoms with Gasteiger partial charge in [-0.1, -0.05) is 22.8 Å². The number of aromatic nitrogens is 2. The molecule has 2 heterocycles. The standard InChI is InChI=1S/C20H18ClN3O4S/c1-12-17(13(2)28-24-12)11-29-19-16(7-4-8-22-19)20(26)27-10-18(25)23-15-6-3-5-14(21)9-15/h3-9H,10-11H2,1-2H3,(H,23,25). The summed E-state index contributed by atoms with van der Waals surface area (Å²) in [6.45, 7) is 3.27. The maximum Gasteiger partial charge on any atom is 0.341 e. The van der Waals surface area contributed by atoms with E-state index >= 15 is 0 Å². The van der Waals surface area contributed by atoms with E-state index in [0.29, 0.717) is 27.1 Å². The van der Waals surface area contributed by atoms with E-state index in [9.17, 15) is 9.59 Å². The van der Waals surface area contributed by atoms with Crippen molar-refractivity contribution in [1.29, 1.82) is 0 Å². The molecule has 0 aliphatic rings. The van der Waals surface area contributed by atoms with Crippen LogP contribution >= 0.6 is 23.4 Å². The number of halogens is 1. The van der Waals surface area contributed by atoms with Gasteiger partial charge in [-0.05, 0) is 44.2 Å². The summed E-state index contributed by atoms with van der Waals surface area (Å²) in [4.78, 5) is 28.8. The average molecular weight is 432 g/mol. The fourth-order valence-electron chi connectivity index (χ4n) is 2.48. The number of pyridine rings is 1. The predicted molar refractivity (Wildman–Crippen MR) is 110 cm³/mol. The number of anilines is 1. The topological polar surface area (TPSA) is 94.3 Å². The van der Waals surface area contributed by atoms with Crippen LogP contribution in [-0.4, -0.2) is 28.6 Å². The van der Waals surface area contributed by atoms with Crippen molar-refractivity contribution >= 4 is 40.9 Å². The van der Waals surface area contributed by atoms with Crippen molar-refractivity contribution in [2.75, 3.05) is 11.9 Å². The number of rotatable bonds is 7. The number of hydrogen-bond donors (Lipinski definition) is 1. The number of nitrogens with zero attached hydrogens (tertiary/aromatic N) is 2. The highest BCUT2D eigenvalue weighted by molar-refractivity contribution is 7.98. The molecule has 0 saturated heterocycles. The molecule has 29 heavy (non-hydrogen) atoms. The quantitative estimate of drug-likeness (QED) is 0.436. The van der Waals surface area contributed by atoms with Gasteiger partial charge in [-0.3, -0.25) is 4.79 Å². The molecule has 1 amide bonds.